The van der Waals surface area contributed by atoms with Gasteiger partial charge in [-0.05, 0) is 59.4 Å². The molecule has 1 saturated heterocycles. The van der Waals surface area contributed by atoms with Gasteiger partial charge in [0, 0.05) is 23.7 Å². The molecule has 3 aromatic carbocycles. The zero-order chi connectivity index (χ0) is 23.8. The lowest BCUT2D eigenvalue weighted by Crippen LogP contribution is -2.55. The molecule has 2 amide bonds. The Labute approximate surface area is 197 Å². The van der Waals surface area contributed by atoms with E-state index in [2.05, 4.69) is 29.6 Å². The van der Waals surface area contributed by atoms with E-state index in [0.717, 1.165) is 22.3 Å². The Morgan fingerprint density at radius 2 is 1.65 bits per heavy atom. The number of likely N-dealkylation sites (tertiary alicyclic amines) is 1. The first-order valence-corrected chi connectivity index (χ1v) is 11.2. The van der Waals surface area contributed by atoms with E-state index >= 15 is 0 Å². The summed E-state index contributed by atoms with van der Waals surface area (Å²) in [5, 5.41) is 11.9. The van der Waals surface area contributed by atoms with Gasteiger partial charge in [0.15, 0.2) is 0 Å². The summed E-state index contributed by atoms with van der Waals surface area (Å²) < 4.78 is 5.59. The van der Waals surface area contributed by atoms with Crippen LogP contribution in [0.25, 0.3) is 11.1 Å². The molecule has 0 spiro atoms. The fourth-order valence-electron chi connectivity index (χ4n) is 4.73. The summed E-state index contributed by atoms with van der Waals surface area (Å²) in [6.45, 7) is 2.41. The van der Waals surface area contributed by atoms with Crippen LogP contribution in [-0.2, 0) is 9.53 Å². The number of carboxylic acid groups (broad SMARTS) is 1. The van der Waals surface area contributed by atoms with Gasteiger partial charge in [0.2, 0.25) is 0 Å². The second kappa shape index (κ2) is 8.67. The molecule has 0 saturated carbocycles. The first-order chi connectivity index (χ1) is 16.4. The lowest BCUT2D eigenvalue weighted by Gasteiger charge is -2.38. The quantitative estimate of drug-likeness (QED) is 0.582. The smallest absolute Gasteiger partial charge is 0.411 e. The number of nitrogens with zero attached hydrogens (tertiary/aromatic N) is 1. The van der Waals surface area contributed by atoms with Crippen LogP contribution in [0.3, 0.4) is 0 Å². The third-order valence-electron chi connectivity index (χ3n) is 6.62. The lowest BCUT2D eigenvalue weighted by atomic mass is 9.98. The molecule has 5 rings (SSSR count). The van der Waals surface area contributed by atoms with Gasteiger partial charge in [-0.2, -0.15) is 0 Å². The number of hydrogen-bond acceptors (Lipinski definition) is 4. The minimum atomic E-state index is -0.995. The van der Waals surface area contributed by atoms with Crippen molar-refractivity contribution < 1.29 is 24.2 Å². The second-order valence-corrected chi connectivity index (χ2v) is 8.62. The number of aliphatic carboxylic acids is 1. The highest BCUT2D eigenvalue weighted by atomic mass is 16.5. The number of amides is 2. The van der Waals surface area contributed by atoms with Gasteiger partial charge in [0.25, 0.3) is 5.91 Å². The number of aryl methyl sites for hydroxylation is 1. The lowest BCUT2D eigenvalue weighted by molar-refractivity contribution is -0.146. The number of carboxylic acids is 1. The summed E-state index contributed by atoms with van der Waals surface area (Å²) >= 11 is 0. The third-order valence-corrected chi connectivity index (χ3v) is 6.62. The van der Waals surface area contributed by atoms with Crippen molar-refractivity contribution in [3.05, 3.63) is 89.0 Å². The van der Waals surface area contributed by atoms with Gasteiger partial charge in [-0.15, -0.1) is 0 Å². The number of carbonyl (C=O) groups excluding carboxylic acids is 2. The Balaban J connectivity index is 1.24. The minimum absolute atomic E-state index is 0.0297. The summed E-state index contributed by atoms with van der Waals surface area (Å²) in [6, 6.07) is 20.4. The molecular formula is C27H24N2O5. The monoisotopic (exact) mass is 456 g/mol. The molecule has 0 aromatic heterocycles. The molecule has 2 aliphatic rings. The van der Waals surface area contributed by atoms with Crippen molar-refractivity contribution in [3.8, 4) is 11.1 Å². The van der Waals surface area contributed by atoms with Crippen LogP contribution in [0.15, 0.2) is 66.7 Å². The van der Waals surface area contributed by atoms with Crippen LogP contribution in [0, 0.1) is 6.92 Å². The topological polar surface area (TPSA) is 95.9 Å². The fraction of sp³-hybridized carbons (Fsp3) is 0.222. The zero-order valence-corrected chi connectivity index (χ0v) is 18.7. The number of hydrogen-bond donors (Lipinski definition) is 2. The number of anilines is 1. The predicted octanol–water partition coefficient (Wildman–Crippen LogP) is 4.66. The van der Waals surface area contributed by atoms with Gasteiger partial charge >= 0.3 is 12.1 Å². The van der Waals surface area contributed by atoms with E-state index in [0.29, 0.717) is 29.8 Å². The minimum Gasteiger partial charge on any atom is -0.480 e. The van der Waals surface area contributed by atoms with Gasteiger partial charge in [0.05, 0.1) is 0 Å². The number of rotatable bonds is 5. The summed E-state index contributed by atoms with van der Waals surface area (Å²) in [7, 11) is 0. The highest BCUT2D eigenvalue weighted by Crippen LogP contribution is 2.44. The van der Waals surface area contributed by atoms with E-state index in [1.165, 1.54) is 4.90 Å². The van der Waals surface area contributed by atoms with Crippen LogP contribution in [0.5, 0.6) is 0 Å². The SMILES string of the molecule is Cc1cc(C(=O)N2CCC2C(=O)O)ccc1NC(=O)OCC1c2ccccc2-c2ccccc21. The van der Waals surface area contributed by atoms with Crippen molar-refractivity contribution in [2.24, 2.45) is 0 Å². The number of ether oxygens (including phenoxy) is 1. The molecule has 1 fully saturated rings. The van der Waals surface area contributed by atoms with Crippen LogP contribution in [0.1, 0.15) is 39.4 Å². The largest absolute Gasteiger partial charge is 0.480 e. The Bertz CT molecular complexity index is 1260. The highest BCUT2D eigenvalue weighted by molar-refractivity contribution is 5.98. The first-order valence-electron chi connectivity index (χ1n) is 11.2. The standard InChI is InChI=1S/C27H24N2O5/c1-16-14-17(25(30)29-13-12-24(29)26(31)32)10-11-23(16)28-27(33)34-15-22-20-8-4-2-6-18(20)19-7-3-5-9-21(19)22/h2-11,14,22,24H,12-13,15H2,1H3,(H,28,33)(H,31,32). The van der Waals surface area contributed by atoms with Gasteiger partial charge in [-0.25, -0.2) is 9.59 Å². The Hall–Kier alpha value is -4.13. The highest BCUT2D eigenvalue weighted by Gasteiger charge is 2.38. The van der Waals surface area contributed by atoms with Gasteiger partial charge in [0.1, 0.15) is 12.6 Å². The van der Waals surface area contributed by atoms with Gasteiger partial charge < -0.3 is 14.7 Å². The Morgan fingerprint density at radius 3 is 2.21 bits per heavy atom. The van der Waals surface area contributed by atoms with Crippen LogP contribution in [0.4, 0.5) is 10.5 Å². The maximum absolute atomic E-state index is 12.6. The molecule has 0 radical (unpaired) electrons. The normalized spacial score (nSPS) is 16.3. The number of nitrogens with one attached hydrogen (secondary N) is 1. The predicted molar refractivity (Wildman–Crippen MR) is 127 cm³/mol. The van der Waals surface area contributed by atoms with Crippen molar-refractivity contribution in [2.75, 3.05) is 18.5 Å². The molecule has 0 bridgehead atoms. The third kappa shape index (κ3) is 3.79. The van der Waals surface area contributed by atoms with Gasteiger partial charge in [-0.1, -0.05) is 48.5 Å². The first kappa shape index (κ1) is 21.7. The van der Waals surface area contributed by atoms with Crippen molar-refractivity contribution in [3.63, 3.8) is 0 Å². The molecule has 34 heavy (non-hydrogen) atoms. The second-order valence-electron chi connectivity index (χ2n) is 8.62. The zero-order valence-electron chi connectivity index (χ0n) is 18.7. The maximum Gasteiger partial charge on any atom is 0.411 e. The molecule has 2 N–H and O–H groups in total. The van der Waals surface area contributed by atoms with Crippen LogP contribution < -0.4 is 5.32 Å². The van der Waals surface area contributed by atoms with Crippen LogP contribution in [0.2, 0.25) is 0 Å². The number of carbonyl (C=O) groups is 3. The summed E-state index contributed by atoms with van der Waals surface area (Å²) in [4.78, 5) is 37.8. The molecule has 172 valence electrons. The van der Waals surface area contributed by atoms with E-state index in [9.17, 15) is 19.5 Å². The van der Waals surface area contributed by atoms with E-state index < -0.39 is 18.1 Å². The molecule has 3 aromatic rings. The average molecular weight is 456 g/mol. The van der Waals surface area contributed by atoms with Crippen molar-refractivity contribution in [1.29, 1.82) is 0 Å². The molecule has 1 atom stereocenters. The molecule has 1 aliphatic heterocycles. The van der Waals surface area contributed by atoms with E-state index in [1.807, 2.05) is 24.3 Å². The summed E-state index contributed by atoms with van der Waals surface area (Å²) in [5.41, 5.74) is 6.22. The fourth-order valence-corrected chi connectivity index (χ4v) is 4.73. The summed E-state index contributed by atoms with van der Waals surface area (Å²) in [6.07, 6.45) is -0.112. The summed E-state index contributed by atoms with van der Waals surface area (Å²) in [5.74, 6) is -1.35. The molecule has 1 heterocycles. The number of fused-ring (bicyclic) bond motifs is 3. The van der Waals surface area contributed by atoms with Gasteiger partial charge in [-0.3, -0.25) is 10.1 Å². The van der Waals surface area contributed by atoms with Crippen molar-refractivity contribution >= 4 is 23.7 Å². The van der Waals surface area contributed by atoms with E-state index in [4.69, 9.17) is 4.74 Å². The van der Waals surface area contributed by atoms with Crippen molar-refractivity contribution in [1.82, 2.24) is 4.90 Å². The van der Waals surface area contributed by atoms with Crippen LogP contribution >= 0.6 is 0 Å². The molecular weight excluding hydrogens is 432 g/mol. The molecule has 1 unspecified atom stereocenters. The molecule has 7 heteroatoms. The van der Waals surface area contributed by atoms with E-state index in [1.54, 1.807) is 25.1 Å². The molecule has 7 nitrogen and oxygen atoms in total. The Kier molecular flexibility index (Phi) is 5.53. The van der Waals surface area contributed by atoms with E-state index in [-0.39, 0.29) is 18.4 Å². The average Bonchev–Trinajstić information content (AvgIpc) is 3.11. The van der Waals surface area contributed by atoms with Crippen LogP contribution in [-0.4, -0.2) is 47.2 Å². The molecule has 1 aliphatic carbocycles. The van der Waals surface area contributed by atoms with Crippen molar-refractivity contribution in [2.45, 2.75) is 25.3 Å². The Morgan fingerprint density at radius 1 is 1.00 bits per heavy atom. The number of benzene rings is 3. The maximum atomic E-state index is 12.6.